The first-order valence-corrected chi connectivity index (χ1v) is 8.01. The quantitative estimate of drug-likeness (QED) is 0.898. The summed E-state index contributed by atoms with van der Waals surface area (Å²) in [6.07, 6.45) is 0. The van der Waals surface area contributed by atoms with Crippen molar-refractivity contribution in [3.63, 3.8) is 0 Å². The highest BCUT2D eigenvalue weighted by Gasteiger charge is 2.33. The van der Waals surface area contributed by atoms with E-state index in [1.165, 1.54) is 6.07 Å². The number of nitrogens with zero attached hydrogens (tertiary/aromatic N) is 1. The van der Waals surface area contributed by atoms with Crippen LogP contribution in [0.4, 0.5) is 4.39 Å². The number of benzene rings is 1. The van der Waals surface area contributed by atoms with Crippen LogP contribution in [-0.4, -0.2) is 29.6 Å². The molecule has 20 heavy (non-hydrogen) atoms. The first kappa shape index (κ1) is 15.9. The fraction of sp³-hybridized carbons (Fsp3) is 0.625. The van der Waals surface area contributed by atoms with Gasteiger partial charge in [0.25, 0.3) is 0 Å². The molecule has 0 spiro atoms. The summed E-state index contributed by atoms with van der Waals surface area (Å²) in [7, 11) is 0. The van der Waals surface area contributed by atoms with Gasteiger partial charge in [0.15, 0.2) is 0 Å². The van der Waals surface area contributed by atoms with Crippen LogP contribution in [0.25, 0.3) is 0 Å². The summed E-state index contributed by atoms with van der Waals surface area (Å²) in [6.45, 7) is 11.9. The number of piperazine rings is 1. The van der Waals surface area contributed by atoms with Gasteiger partial charge in [0, 0.05) is 31.2 Å². The molecule has 0 amide bonds. The maximum Gasteiger partial charge on any atom is 0.137 e. The SMILES string of the molecule is CC(C)C1CNC(C)(C)CN1Cc1ccc(F)c(Br)c1. The van der Waals surface area contributed by atoms with Crippen molar-refractivity contribution in [2.45, 2.75) is 45.8 Å². The van der Waals surface area contributed by atoms with E-state index in [0.717, 1.165) is 25.2 Å². The van der Waals surface area contributed by atoms with Gasteiger partial charge in [0.2, 0.25) is 0 Å². The van der Waals surface area contributed by atoms with E-state index < -0.39 is 0 Å². The van der Waals surface area contributed by atoms with Crippen LogP contribution in [0.3, 0.4) is 0 Å². The number of halogens is 2. The largest absolute Gasteiger partial charge is 0.309 e. The molecule has 4 heteroatoms. The maximum atomic E-state index is 13.3. The van der Waals surface area contributed by atoms with Crippen LogP contribution >= 0.6 is 15.9 Å². The third-order valence-electron chi connectivity index (χ3n) is 4.00. The van der Waals surface area contributed by atoms with Crippen LogP contribution in [-0.2, 0) is 6.54 Å². The molecule has 2 nitrogen and oxygen atoms in total. The average Bonchev–Trinajstić information content (AvgIpc) is 2.32. The first-order chi connectivity index (χ1) is 9.28. The summed E-state index contributed by atoms with van der Waals surface area (Å²) in [5.74, 6) is 0.400. The highest BCUT2D eigenvalue weighted by molar-refractivity contribution is 9.10. The monoisotopic (exact) mass is 342 g/mol. The van der Waals surface area contributed by atoms with Crippen LogP contribution in [0.2, 0.25) is 0 Å². The van der Waals surface area contributed by atoms with Crippen LogP contribution < -0.4 is 5.32 Å². The third kappa shape index (κ3) is 3.80. The third-order valence-corrected chi connectivity index (χ3v) is 4.60. The van der Waals surface area contributed by atoms with Crippen LogP contribution in [0.5, 0.6) is 0 Å². The van der Waals surface area contributed by atoms with E-state index in [4.69, 9.17) is 0 Å². The van der Waals surface area contributed by atoms with Crippen molar-refractivity contribution >= 4 is 15.9 Å². The second-order valence-electron chi connectivity index (χ2n) is 6.73. The molecule has 1 N–H and O–H groups in total. The Balaban J connectivity index is 2.16. The van der Waals surface area contributed by atoms with Gasteiger partial charge in [0.1, 0.15) is 5.82 Å². The number of rotatable bonds is 3. The fourth-order valence-corrected chi connectivity index (χ4v) is 3.32. The molecule has 0 aromatic heterocycles. The minimum Gasteiger partial charge on any atom is -0.309 e. The minimum atomic E-state index is -0.199. The van der Waals surface area contributed by atoms with E-state index in [-0.39, 0.29) is 11.4 Å². The average molecular weight is 343 g/mol. The van der Waals surface area contributed by atoms with Crippen molar-refractivity contribution < 1.29 is 4.39 Å². The van der Waals surface area contributed by atoms with Gasteiger partial charge in [-0.3, -0.25) is 4.90 Å². The maximum absolute atomic E-state index is 13.3. The van der Waals surface area contributed by atoms with Crippen LogP contribution in [0.15, 0.2) is 22.7 Å². The molecule has 2 rings (SSSR count). The van der Waals surface area contributed by atoms with Gasteiger partial charge >= 0.3 is 0 Å². The summed E-state index contributed by atoms with van der Waals surface area (Å²) in [5, 5.41) is 3.62. The molecule has 1 unspecified atom stereocenters. The first-order valence-electron chi connectivity index (χ1n) is 7.21. The topological polar surface area (TPSA) is 15.3 Å². The van der Waals surface area contributed by atoms with Gasteiger partial charge in [0.05, 0.1) is 4.47 Å². The molecular formula is C16H24BrFN2. The molecule has 1 aliphatic heterocycles. The summed E-state index contributed by atoms with van der Waals surface area (Å²) in [6, 6.07) is 5.83. The molecule has 1 aromatic carbocycles. The Kier molecular flexibility index (Phi) is 4.88. The van der Waals surface area contributed by atoms with Crippen molar-refractivity contribution in [2.24, 2.45) is 5.92 Å². The van der Waals surface area contributed by atoms with Crippen molar-refractivity contribution in [3.8, 4) is 0 Å². The van der Waals surface area contributed by atoms with Gasteiger partial charge in [-0.25, -0.2) is 4.39 Å². The molecule has 0 bridgehead atoms. The Labute approximate surface area is 129 Å². The zero-order valence-electron chi connectivity index (χ0n) is 12.7. The lowest BCUT2D eigenvalue weighted by Gasteiger charge is -2.46. The van der Waals surface area contributed by atoms with E-state index in [1.807, 2.05) is 12.1 Å². The van der Waals surface area contributed by atoms with E-state index >= 15 is 0 Å². The molecule has 0 radical (unpaired) electrons. The molecule has 1 fully saturated rings. The number of nitrogens with one attached hydrogen (secondary N) is 1. The zero-order chi connectivity index (χ0) is 14.9. The standard InChI is InChI=1S/C16H24BrFN2/c1-11(2)15-8-19-16(3,4)10-20(15)9-12-5-6-14(18)13(17)7-12/h5-7,11,15,19H,8-10H2,1-4H3. The van der Waals surface area contributed by atoms with Crippen molar-refractivity contribution in [1.29, 1.82) is 0 Å². The summed E-state index contributed by atoms with van der Waals surface area (Å²) in [4.78, 5) is 2.51. The lowest BCUT2D eigenvalue weighted by molar-refractivity contribution is 0.0627. The fourth-order valence-electron chi connectivity index (χ4n) is 2.89. The van der Waals surface area contributed by atoms with Crippen molar-refractivity contribution in [3.05, 3.63) is 34.1 Å². The molecule has 0 aliphatic carbocycles. The molecule has 1 atom stereocenters. The minimum absolute atomic E-state index is 0.128. The predicted octanol–water partition coefficient (Wildman–Crippen LogP) is 3.80. The zero-order valence-corrected chi connectivity index (χ0v) is 14.3. The van der Waals surface area contributed by atoms with Crippen molar-refractivity contribution in [1.82, 2.24) is 10.2 Å². The van der Waals surface area contributed by atoms with Gasteiger partial charge in [-0.1, -0.05) is 19.9 Å². The molecule has 1 saturated heterocycles. The van der Waals surface area contributed by atoms with Gasteiger partial charge in [-0.2, -0.15) is 0 Å². The second kappa shape index (κ2) is 6.12. The molecule has 1 heterocycles. The number of hydrogen-bond acceptors (Lipinski definition) is 2. The Hall–Kier alpha value is -0.450. The summed E-state index contributed by atoms with van der Waals surface area (Å²) >= 11 is 3.27. The Morgan fingerprint density at radius 3 is 2.75 bits per heavy atom. The second-order valence-corrected chi connectivity index (χ2v) is 7.58. The Bertz CT molecular complexity index is 474. The van der Waals surface area contributed by atoms with E-state index in [0.29, 0.717) is 16.4 Å². The Morgan fingerprint density at radius 2 is 2.15 bits per heavy atom. The lowest BCUT2D eigenvalue weighted by atomic mass is 9.92. The number of hydrogen-bond donors (Lipinski definition) is 1. The summed E-state index contributed by atoms with van der Waals surface area (Å²) < 4.78 is 13.9. The highest BCUT2D eigenvalue weighted by Crippen LogP contribution is 2.24. The van der Waals surface area contributed by atoms with Crippen molar-refractivity contribution in [2.75, 3.05) is 13.1 Å². The van der Waals surface area contributed by atoms with E-state index in [9.17, 15) is 4.39 Å². The van der Waals surface area contributed by atoms with Gasteiger partial charge in [-0.15, -0.1) is 0 Å². The molecule has 1 aliphatic rings. The van der Waals surface area contributed by atoms with Crippen LogP contribution in [0.1, 0.15) is 33.3 Å². The van der Waals surface area contributed by atoms with E-state index in [1.54, 1.807) is 0 Å². The Morgan fingerprint density at radius 1 is 1.45 bits per heavy atom. The predicted molar refractivity (Wildman–Crippen MR) is 85.2 cm³/mol. The molecular weight excluding hydrogens is 319 g/mol. The van der Waals surface area contributed by atoms with Crippen LogP contribution in [0, 0.1) is 11.7 Å². The molecule has 1 aromatic rings. The smallest absolute Gasteiger partial charge is 0.137 e. The summed E-state index contributed by atoms with van der Waals surface area (Å²) in [5.41, 5.74) is 1.28. The van der Waals surface area contributed by atoms with Gasteiger partial charge < -0.3 is 5.32 Å². The highest BCUT2D eigenvalue weighted by atomic mass is 79.9. The normalized spacial score (nSPS) is 23.2. The van der Waals surface area contributed by atoms with Gasteiger partial charge in [-0.05, 0) is 53.4 Å². The lowest BCUT2D eigenvalue weighted by Crippen LogP contribution is -2.62. The molecule has 0 saturated carbocycles. The molecule has 112 valence electrons. The van der Waals surface area contributed by atoms with E-state index in [2.05, 4.69) is 53.8 Å².